The summed E-state index contributed by atoms with van der Waals surface area (Å²) in [5.41, 5.74) is 1.49. The molecule has 0 unspecified atom stereocenters. The first-order chi connectivity index (χ1) is 12.7. The second-order valence-electron chi connectivity index (χ2n) is 5.78. The standard InChI is InChI=1S/C18H19BrN6O/c1-2-8-20-16-15(19)12-21-17(24-16)22-13-6-5-7-14(11-13)23-18(26)25-9-3-4-10-25/h1,5-7,11-12H,3-4,8-10H2,(H,23,26)(H2,20,21,22,24). The van der Waals surface area contributed by atoms with Crippen LogP contribution in [0.5, 0.6) is 0 Å². The molecule has 134 valence electrons. The van der Waals surface area contributed by atoms with E-state index in [0.717, 1.165) is 41.8 Å². The molecule has 1 aliphatic heterocycles. The summed E-state index contributed by atoms with van der Waals surface area (Å²) in [4.78, 5) is 22.7. The summed E-state index contributed by atoms with van der Waals surface area (Å²) in [7, 11) is 0. The Morgan fingerprint density at radius 3 is 2.85 bits per heavy atom. The largest absolute Gasteiger partial charge is 0.358 e. The third-order valence-electron chi connectivity index (χ3n) is 3.87. The van der Waals surface area contributed by atoms with Crippen molar-refractivity contribution in [3.63, 3.8) is 0 Å². The van der Waals surface area contributed by atoms with E-state index >= 15 is 0 Å². The fourth-order valence-electron chi connectivity index (χ4n) is 2.61. The van der Waals surface area contributed by atoms with Gasteiger partial charge in [-0.05, 0) is 47.0 Å². The Morgan fingerprint density at radius 2 is 2.08 bits per heavy atom. The average molecular weight is 415 g/mol. The number of anilines is 4. The summed E-state index contributed by atoms with van der Waals surface area (Å²) in [5, 5.41) is 9.08. The van der Waals surface area contributed by atoms with Crippen LogP contribution in [-0.4, -0.2) is 40.5 Å². The number of nitrogens with zero attached hydrogens (tertiary/aromatic N) is 3. The molecule has 2 amide bonds. The zero-order valence-electron chi connectivity index (χ0n) is 14.1. The lowest BCUT2D eigenvalue weighted by Crippen LogP contribution is -2.32. The predicted molar refractivity (Wildman–Crippen MR) is 107 cm³/mol. The summed E-state index contributed by atoms with van der Waals surface area (Å²) < 4.78 is 0.727. The van der Waals surface area contributed by atoms with Crippen molar-refractivity contribution in [2.45, 2.75) is 12.8 Å². The van der Waals surface area contributed by atoms with Crippen molar-refractivity contribution < 1.29 is 4.79 Å². The third kappa shape index (κ3) is 4.64. The molecular weight excluding hydrogens is 396 g/mol. The molecule has 8 heteroatoms. The highest BCUT2D eigenvalue weighted by Gasteiger charge is 2.17. The van der Waals surface area contributed by atoms with Gasteiger partial charge in [-0.2, -0.15) is 4.98 Å². The van der Waals surface area contributed by atoms with Crippen LogP contribution in [0, 0.1) is 12.3 Å². The van der Waals surface area contributed by atoms with Gasteiger partial charge < -0.3 is 20.9 Å². The molecular formula is C18H19BrN6O. The lowest BCUT2D eigenvalue weighted by Gasteiger charge is -2.16. The van der Waals surface area contributed by atoms with E-state index in [1.54, 1.807) is 6.20 Å². The van der Waals surface area contributed by atoms with Crippen molar-refractivity contribution in [2.24, 2.45) is 0 Å². The third-order valence-corrected chi connectivity index (χ3v) is 4.45. The molecule has 0 radical (unpaired) electrons. The van der Waals surface area contributed by atoms with E-state index in [-0.39, 0.29) is 6.03 Å². The summed E-state index contributed by atoms with van der Waals surface area (Å²) in [6, 6.07) is 7.36. The minimum Gasteiger partial charge on any atom is -0.358 e. The average Bonchev–Trinajstić information content (AvgIpc) is 3.17. The molecule has 2 aromatic rings. The van der Waals surface area contributed by atoms with Gasteiger partial charge in [0.1, 0.15) is 5.82 Å². The number of likely N-dealkylation sites (tertiary alicyclic amines) is 1. The van der Waals surface area contributed by atoms with Gasteiger partial charge in [0.25, 0.3) is 0 Å². The molecule has 2 heterocycles. The Kier molecular flexibility index (Phi) is 5.92. The SMILES string of the molecule is C#CCNc1nc(Nc2cccc(NC(=O)N3CCCC3)c2)ncc1Br. The summed E-state index contributed by atoms with van der Waals surface area (Å²) in [6.45, 7) is 1.99. The van der Waals surface area contributed by atoms with E-state index in [4.69, 9.17) is 6.42 Å². The molecule has 1 aromatic heterocycles. The van der Waals surface area contributed by atoms with Crippen LogP contribution >= 0.6 is 15.9 Å². The first-order valence-electron chi connectivity index (χ1n) is 8.28. The maximum absolute atomic E-state index is 12.2. The Morgan fingerprint density at radius 1 is 1.31 bits per heavy atom. The number of hydrogen-bond acceptors (Lipinski definition) is 5. The van der Waals surface area contributed by atoms with Gasteiger partial charge in [-0.1, -0.05) is 12.0 Å². The highest BCUT2D eigenvalue weighted by Crippen LogP contribution is 2.23. The van der Waals surface area contributed by atoms with Crippen LogP contribution in [0.3, 0.4) is 0 Å². The Balaban J connectivity index is 1.68. The van der Waals surface area contributed by atoms with Gasteiger partial charge in [0.15, 0.2) is 0 Å². The van der Waals surface area contributed by atoms with Crippen LogP contribution < -0.4 is 16.0 Å². The topological polar surface area (TPSA) is 82.2 Å². The van der Waals surface area contributed by atoms with Gasteiger partial charge in [-0.3, -0.25) is 0 Å². The van der Waals surface area contributed by atoms with Crippen LogP contribution in [0.4, 0.5) is 27.9 Å². The lowest BCUT2D eigenvalue weighted by molar-refractivity contribution is 0.222. The molecule has 3 rings (SSSR count). The number of terminal acetylenes is 1. The first kappa shape index (κ1) is 18.0. The predicted octanol–water partition coefficient (Wildman–Crippen LogP) is 3.66. The van der Waals surface area contributed by atoms with Gasteiger partial charge >= 0.3 is 6.03 Å². The molecule has 0 spiro atoms. The van der Waals surface area contributed by atoms with E-state index < -0.39 is 0 Å². The van der Waals surface area contributed by atoms with E-state index in [1.807, 2.05) is 29.2 Å². The van der Waals surface area contributed by atoms with Crippen molar-refractivity contribution in [2.75, 3.05) is 35.6 Å². The zero-order valence-corrected chi connectivity index (χ0v) is 15.7. The van der Waals surface area contributed by atoms with Gasteiger partial charge in [0.2, 0.25) is 5.95 Å². The molecule has 0 aliphatic carbocycles. The normalized spacial score (nSPS) is 13.2. The Bertz CT molecular complexity index is 829. The maximum Gasteiger partial charge on any atom is 0.321 e. The van der Waals surface area contributed by atoms with Gasteiger partial charge in [-0.25, -0.2) is 9.78 Å². The summed E-state index contributed by atoms with van der Waals surface area (Å²) >= 11 is 3.38. The number of nitrogens with one attached hydrogen (secondary N) is 3. The van der Waals surface area contributed by atoms with Crippen molar-refractivity contribution >= 4 is 45.1 Å². The quantitative estimate of drug-likeness (QED) is 0.650. The van der Waals surface area contributed by atoms with Crippen LogP contribution in [0.1, 0.15) is 12.8 Å². The molecule has 0 bridgehead atoms. The smallest absolute Gasteiger partial charge is 0.321 e. The van der Waals surface area contributed by atoms with E-state index in [1.165, 1.54) is 0 Å². The number of amides is 2. The van der Waals surface area contributed by atoms with Gasteiger partial charge in [0, 0.05) is 30.7 Å². The maximum atomic E-state index is 12.2. The number of carbonyl (C=O) groups is 1. The van der Waals surface area contributed by atoms with Gasteiger partial charge in [-0.15, -0.1) is 6.42 Å². The second kappa shape index (κ2) is 8.54. The van der Waals surface area contributed by atoms with Crippen molar-refractivity contribution in [1.29, 1.82) is 0 Å². The van der Waals surface area contributed by atoms with Crippen molar-refractivity contribution in [3.8, 4) is 12.3 Å². The number of carbonyl (C=O) groups excluding carboxylic acids is 1. The lowest BCUT2D eigenvalue weighted by atomic mass is 10.3. The van der Waals surface area contributed by atoms with E-state index in [0.29, 0.717) is 18.3 Å². The molecule has 0 atom stereocenters. The number of hydrogen-bond donors (Lipinski definition) is 3. The van der Waals surface area contributed by atoms with Gasteiger partial charge in [0.05, 0.1) is 11.0 Å². The Hall–Kier alpha value is -2.79. The fourth-order valence-corrected chi connectivity index (χ4v) is 2.94. The minimum absolute atomic E-state index is 0.0692. The molecule has 1 fully saturated rings. The Labute approximate surface area is 160 Å². The van der Waals surface area contributed by atoms with Crippen molar-refractivity contribution in [1.82, 2.24) is 14.9 Å². The highest BCUT2D eigenvalue weighted by molar-refractivity contribution is 9.10. The zero-order chi connectivity index (χ0) is 18.4. The number of aromatic nitrogens is 2. The second-order valence-corrected chi connectivity index (χ2v) is 6.63. The minimum atomic E-state index is -0.0692. The van der Waals surface area contributed by atoms with Crippen LogP contribution in [-0.2, 0) is 0 Å². The molecule has 1 aliphatic rings. The molecule has 26 heavy (non-hydrogen) atoms. The summed E-state index contributed by atoms with van der Waals surface area (Å²) in [6.07, 6.45) is 9.03. The van der Waals surface area contributed by atoms with Crippen LogP contribution in [0.25, 0.3) is 0 Å². The first-order valence-corrected chi connectivity index (χ1v) is 9.08. The summed E-state index contributed by atoms with van der Waals surface area (Å²) in [5.74, 6) is 3.54. The molecule has 0 saturated carbocycles. The monoisotopic (exact) mass is 414 g/mol. The van der Waals surface area contributed by atoms with Crippen molar-refractivity contribution in [3.05, 3.63) is 34.9 Å². The number of rotatable bonds is 5. The van der Waals surface area contributed by atoms with E-state index in [9.17, 15) is 4.79 Å². The van der Waals surface area contributed by atoms with Crippen LogP contribution in [0.15, 0.2) is 34.9 Å². The molecule has 1 aromatic carbocycles. The van der Waals surface area contributed by atoms with E-state index in [2.05, 4.69) is 47.8 Å². The van der Waals surface area contributed by atoms with Crippen LogP contribution in [0.2, 0.25) is 0 Å². The highest BCUT2D eigenvalue weighted by atomic mass is 79.9. The molecule has 1 saturated heterocycles. The number of halogens is 1. The number of benzene rings is 1. The number of urea groups is 1. The fraction of sp³-hybridized carbons (Fsp3) is 0.278. The molecule has 3 N–H and O–H groups in total. The molecule has 7 nitrogen and oxygen atoms in total.